The number of nitrogens with one attached hydrogen (secondary N) is 1. The second-order valence-electron chi connectivity index (χ2n) is 6.46. The average Bonchev–Trinajstić information content (AvgIpc) is 2.92. The number of nitrogens with zero attached hydrogens (tertiary/aromatic N) is 2. The van der Waals surface area contributed by atoms with E-state index < -0.39 is 28.5 Å². The molecule has 1 aliphatic rings. The van der Waals surface area contributed by atoms with Crippen LogP contribution in [0.1, 0.15) is 16.7 Å². The van der Waals surface area contributed by atoms with Crippen LogP contribution in [0.3, 0.4) is 0 Å². The summed E-state index contributed by atoms with van der Waals surface area (Å²) >= 11 is 0.724. The molecule has 1 heterocycles. The van der Waals surface area contributed by atoms with Gasteiger partial charge in [0.2, 0.25) is 5.91 Å². The van der Waals surface area contributed by atoms with Crippen molar-refractivity contribution in [1.29, 1.82) is 0 Å². The molecule has 1 N–H and O–H groups in total. The summed E-state index contributed by atoms with van der Waals surface area (Å²) in [6.45, 7) is 3.48. The third-order valence-electron chi connectivity index (χ3n) is 4.37. The fourth-order valence-electron chi connectivity index (χ4n) is 2.64. The van der Waals surface area contributed by atoms with Crippen molar-refractivity contribution in [1.82, 2.24) is 4.90 Å². The SMILES string of the molecule is Cc1ccc(NC(=O)CN2C(=O)S/C(=C/c3ccc([N+](=O)[O-])cc3)C2=O)cc1C. The topological polar surface area (TPSA) is 110 Å². The third-order valence-corrected chi connectivity index (χ3v) is 5.28. The van der Waals surface area contributed by atoms with Crippen LogP contribution in [0.5, 0.6) is 0 Å². The maximum atomic E-state index is 12.5. The quantitative estimate of drug-likeness (QED) is 0.454. The highest BCUT2D eigenvalue weighted by atomic mass is 32.2. The van der Waals surface area contributed by atoms with Crippen LogP contribution in [0, 0.1) is 24.0 Å². The van der Waals surface area contributed by atoms with E-state index in [-0.39, 0.29) is 10.6 Å². The zero-order valence-electron chi connectivity index (χ0n) is 15.7. The van der Waals surface area contributed by atoms with E-state index in [1.54, 1.807) is 6.07 Å². The van der Waals surface area contributed by atoms with Crippen molar-refractivity contribution in [2.75, 3.05) is 11.9 Å². The number of benzene rings is 2. The summed E-state index contributed by atoms with van der Waals surface area (Å²) in [5.41, 5.74) is 3.16. The standard InChI is InChI=1S/C20H17N3O5S/c1-12-3-6-15(9-13(12)2)21-18(24)11-22-19(25)17(29-20(22)26)10-14-4-7-16(8-5-14)23(27)28/h3-10H,11H2,1-2H3,(H,21,24)/b17-10+. The summed E-state index contributed by atoms with van der Waals surface area (Å²) in [6.07, 6.45) is 1.47. The monoisotopic (exact) mass is 411 g/mol. The first-order valence-corrected chi connectivity index (χ1v) is 9.43. The predicted molar refractivity (Wildman–Crippen MR) is 110 cm³/mol. The Kier molecular flexibility index (Phi) is 5.79. The number of hydrogen-bond acceptors (Lipinski definition) is 6. The van der Waals surface area contributed by atoms with Crippen LogP contribution in [0.15, 0.2) is 47.4 Å². The van der Waals surface area contributed by atoms with Crippen molar-refractivity contribution in [3.63, 3.8) is 0 Å². The fraction of sp³-hybridized carbons (Fsp3) is 0.150. The van der Waals surface area contributed by atoms with Crippen LogP contribution >= 0.6 is 11.8 Å². The molecule has 0 spiro atoms. The molecule has 0 unspecified atom stereocenters. The molecule has 0 atom stereocenters. The molecule has 0 aromatic heterocycles. The van der Waals surface area contributed by atoms with Gasteiger partial charge in [0.25, 0.3) is 16.8 Å². The first-order chi connectivity index (χ1) is 13.7. The number of non-ortho nitro benzene ring substituents is 1. The van der Waals surface area contributed by atoms with Gasteiger partial charge in [-0.3, -0.25) is 29.4 Å². The zero-order valence-corrected chi connectivity index (χ0v) is 16.5. The number of hydrogen-bond donors (Lipinski definition) is 1. The van der Waals surface area contributed by atoms with E-state index >= 15 is 0 Å². The number of carbonyl (C=O) groups is 3. The van der Waals surface area contributed by atoms with E-state index in [4.69, 9.17) is 0 Å². The predicted octanol–water partition coefficient (Wildman–Crippen LogP) is 3.89. The first kappa shape index (κ1) is 20.3. The molecule has 0 aliphatic carbocycles. The van der Waals surface area contributed by atoms with Crippen LogP contribution in [-0.4, -0.2) is 33.4 Å². The average molecular weight is 411 g/mol. The van der Waals surface area contributed by atoms with Gasteiger partial charge in [0.15, 0.2) is 0 Å². The van der Waals surface area contributed by atoms with E-state index in [1.807, 2.05) is 26.0 Å². The second-order valence-corrected chi connectivity index (χ2v) is 7.46. The lowest BCUT2D eigenvalue weighted by atomic mass is 10.1. The number of nitro groups is 1. The minimum Gasteiger partial charge on any atom is -0.325 e. The maximum absolute atomic E-state index is 12.5. The number of carbonyl (C=O) groups excluding carboxylic acids is 3. The Morgan fingerprint density at radius 3 is 2.45 bits per heavy atom. The summed E-state index contributed by atoms with van der Waals surface area (Å²) in [7, 11) is 0. The Hall–Kier alpha value is -3.46. The highest BCUT2D eigenvalue weighted by molar-refractivity contribution is 8.18. The largest absolute Gasteiger partial charge is 0.325 e. The van der Waals surface area contributed by atoms with Crippen molar-refractivity contribution < 1.29 is 19.3 Å². The molecule has 3 rings (SSSR count). The smallest absolute Gasteiger partial charge is 0.294 e. The minimum absolute atomic E-state index is 0.0710. The van der Waals surface area contributed by atoms with Gasteiger partial charge in [0.05, 0.1) is 9.83 Å². The lowest BCUT2D eigenvalue weighted by molar-refractivity contribution is -0.384. The minimum atomic E-state index is -0.575. The van der Waals surface area contributed by atoms with Crippen LogP contribution in [0.25, 0.3) is 6.08 Å². The van der Waals surface area contributed by atoms with E-state index in [9.17, 15) is 24.5 Å². The molecule has 8 nitrogen and oxygen atoms in total. The Balaban J connectivity index is 1.68. The molecule has 2 aromatic carbocycles. The van der Waals surface area contributed by atoms with Crippen molar-refractivity contribution in [2.24, 2.45) is 0 Å². The van der Waals surface area contributed by atoms with Gasteiger partial charge in [-0.1, -0.05) is 6.07 Å². The Labute approximate surface area is 170 Å². The lowest BCUT2D eigenvalue weighted by Gasteiger charge is -2.13. The number of anilines is 1. The molecule has 0 saturated carbocycles. The molecule has 1 saturated heterocycles. The van der Waals surface area contributed by atoms with Gasteiger partial charge in [0, 0.05) is 17.8 Å². The number of rotatable bonds is 5. The summed E-state index contributed by atoms with van der Waals surface area (Å²) in [5, 5.41) is 12.8. The van der Waals surface area contributed by atoms with Crippen molar-refractivity contribution >= 4 is 46.3 Å². The number of aryl methyl sites for hydroxylation is 2. The Bertz CT molecular complexity index is 1050. The van der Waals surface area contributed by atoms with Gasteiger partial charge < -0.3 is 5.32 Å². The van der Waals surface area contributed by atoms with Crippen LogP contribution in [0.4, 0.5) is 16.2 Å². The van der Waals surface area contributed by atoms with Gasteiger partial charge in [-0.25, -0.2) is 0 Å². The van der Waals surface area contributed by atoms with Crippen LogP contribution in [0.2, 0.25) is 0 Å². The summed E-state index contributed by atoms with van der Waals surface area (Å²) in [6, 6.07) is 11.0. The molecule has 0 radical (unpaired) electrons. The number of thioether (sulfide) groups is 1. The van der Waals surface area contributed by atoms with E-state index in [0.29, 0.717) is 11.3 Å². The van der Waals surface area contributed by atoms with Crippen molar-refractivity contribution in [3.05, 3.63) is 74.2 Å². The van der Waals surface area contributed by atoms with Gasteiger partial charge in [-0.2, -0.15) is 0 Å². The lowest BCUT2D eigenvalue weighted by Crippen LogP contribution is -2.36. The van der Waals surface area contributed by atoms with E-state index in [0.717, 1.165) is 27.8 Å². The summed E-state index contributed by atoms with van der Waals surface area (Å²) in [4.78, 5) is 48.2. The molecule has 29 heavy (non-hydrogen) atoms. The molecule has 3 amide bonds. The molecule has 1 fully saturated rings. The van der Waals surface area contributed by atoms with Crippen LogP contribution in [-0.2, 0) is 9.59 Å². The molecule has 1 aliphatic heterocycles. The molecular weight excluding hydrogens is 394 g/mol. The second kappa shape index (κ2) is 8.27. The van der Waals surface area contributed by atoms with E-state index in [2.05, 4.69) is 5.32 Å². The molecule has 148 valence electrons. The number of amides is 3. The fourth-order valence-corrected chi connectivity index (χ4v) is 3.48. The molecule has 2 aromatic rings. The molecule has 9 heteroatoms. The highest BCUT2D eigenvalue weighted by Gasteiger charge is 2.36. The first-order valence-electron chi connectivity index (χ1n) is 8.61. The Morgan fingerprint density at radius 1 is 1.14 bits per heavy atom. The van der Waals surface area contributed by atoms with Crippen molar-refractivity contribution in [3.8, 4) is 0 Å². The highest BCUT2D eigenvalue weighted by Crippen LogP contribution is 2.32. The van der Waals surface area contributed by atoms with Gasteiger partial charge in [0.1, 0.15) is 6.54 Å². The zero-order chi connectivity index (χ0) is 21.1. The normalized spacial score (nSPS) is 15.1. The summed E-state index contributed by atoms with van der Waals surface area (Å²) in [5.74, 6) is -1.05. The van der Waals surface area contributed by atoms with Gasteiger partial charge in [-0.15, -0.1) is 0 Å². The van der Waals surface area contributed by atoms with E-state index in [1.165, 1.54) is 30.3 Å². The van der Waals surface area contributed by atoms with Crippen LogP contribution < -0.4 is 5.32 Å². The van der Waals surface area contributed by atoms with Gasteiger partial charge >= 0.3 is 0 Å². The Morgan fingerprint density at radius 2 is 1.83 bits per heavy atom. The van der Waals surface area contributed by atoms with Crippen molar-refractivity contribution in [2.45, 2.75) is 13.8 Å². The number of imide groups is 1. The van der Waals surface area contributed by atoms with Gasteiger partial charge in [-0.05, 0) is 72.6 Å². The number of nitro benzene ring substituents is 1. The third kappa shape index (κ3) is 4.69. The molecular formula is C20H17N3O5S. The summed E-state index contributed by atoms with van der Waals surface area (Å²) < 4.78 is 0. The maximum Gasteiger partial charge on any atom is 0.294 e. The molecule has 0 bridgehead atoms.